The molecule has 2 saturated carbocycles. The molecule has 3 aromatic carbocycles. The van der Waals surface area contributed by atoms with E-state index in [1.54, 1.807) is 23.9 Å². The second-order valence-corrected chi connectivity index (χ2v) is 14.0. The van der Waals surface area contributed by atoms with Crippen molar-refractivity contribution < 1.29 is 24.2 Å². The molecule has 3 heterocycles. The number of amides is 3. The van der Waals surface area contributed by atoms with Crippen molar-refractivity contribution in [2.24, 2.45) is 29.6 Å². The van der Waals surface area contributed by atoms with E-state index in [2.05, 4.69) is 10.3 Å². The lowest BCUT2D eigenvalue weighted by Gasteiger charge is -2.43. The van der Waals surface area contributed by atoms with Gasteiger partial charge in [0.25, 0.3) is 5.91 Å². The number of phenols is 1. The number of anilines is 2. The van der Waals surface area contributed by atoms with Gasteiger partial charge >= 0.3 is 4.87 Å². The zero-order chi connectivity index (χ0) is 30.1. The summed E-state index contributed by atoms with van der Waals surface area (Å²) >= 11 is 2.88. The molecule has 1 aromatic heterocycles. The van der Waals surface area contributed by atoms with Crippen molar-refractivity contribution in [3.8, 4) is 11.5 Å². The van der Waals surface area contributed by atoms with Crippen LogP contribution in [0.2, 0.25) is 0 Å². The Morgan fingerprint density at radius 1 is 0.932 bits per heavy atom. The first-order valence-electron chi connectivity index (χ1n) is 14.5. The molecule has 2 bridgehead atoms. The van der Waals surface area contributed by atoms with E-state index in [9.17, 15) is 24.3 Å². The molecule has 0 spiro atoms. The third kappa shape index (κ3) is 4.28. The minimum Gasteiger partial charge on any atom is -0.508 e. The Hall–Kier alpha value is -4.35. The number of phenolic OH excluding ortho intramolecular Hbond substituents is 1. The fourth-order valence-electron chi connectivity index (χ4n) is 7.88. The lowest BCUT2D eigenvalue weighted by Crippen LogP contribution is -2.42. The minimum atomic E-state index is -0.357. The van der Waals surface area contributed by atoms with Gasteiger partial charge in [0.1, 0.15) is 11.5 Å². The molecule has 9 nitrogen and oxygen atoms in total. The number of rotatable bonds is 6. The Labute approximate surface area is 260 Å². The van der Waals surface area contributed by atoms with Crippen LogP contribution in [0.3, 0.4) is 0 Å². The maximum absolute atomic E-state index is 13.8. The molecule has 4 unspecified atom stereocenters. The summed E-state index contributed by atoms with van der Waals surface area (Å²) in [5.41, 5.74) is 2.19. The van der Waals surface area contributed by atoms with Crippen molar-refractivity contribution in [1.82, 2.24) is 4.98 Å². The van der Waals surface area contributed by atoms with Gasteiger partial charge in [-0.05, 0) is 78.3 Å². The number of thiazole rings is 1. The van der Waals surface area contributed by atoms with Crippen molar-refractivity contribution in [3.63, 3.8) is 0 Å². The van der Waals surface area contributed by atoms with Gasteiger partial charge in [-0.3, -0.25) is 24.1 Å². The molecule has 1 saturated heterocycles. The number of aromatic amines is 1. The number of hydrogen-bond acceptors (Lipinski definition) is 8. The second-order valence-electron chi connectivity index (χ2n) is 11.8. The van der Waals surface area contributed by atoms with E-state index in [0.29, 0.717) is 17.1 Å². The molecular weight excluding hydrogens is 599 g/mol. The van der Waals surface area contributed by atoms with E-state index in [0.717, 1.165) is 21.9 Å². The van der Waals surface area contributed by atoms with Crippen LogP contribution >= 0.6 is 23.1 Å². The first-order valence-corrected chi connectivity index (χ1v) is 16.2. The topological polar surface area (TPSA) is 129 Å². The molecule has 0 radical (unpaired) electrons. The third-order valence-electron chi connectivity index (χ3n) is 9.50. The number of imide groups is 1. The van der Waals surface area contributed by atoms with Crippen LogP contribution in [0.5, 0.6) is 11.5 Å². The average Bonchev–Trinajstić information content (AvgIpc) is 3.77. The summed E-state index contributed by atoms with van der Waals surface area (Å²) in [7, 11) is 0. The number of thioether (sulfide) groups is 1. The van der Waals surface area contributed by atoms with E-state index < -0.39 is 0 Å². The third-order valence-corrected chi connectivity index (χ3v) is 12.1. The summed E-state index contributed by atoms with van der Waals surface area (Å²) in [6.07, 6.45) is 0.824. The molecule has 222 valence electrons. The van der Waals surface area contributed by atoms with E-state index in [-0.39, 0.29) is 75.7 Å². The molecule has 2 aliphatic heterocycles. The zero-order valence-electron chi connectivity index (χ0n) is 23.2. The number of ether oxygens (including phenoxy) is 1. The van der Waals surface area contributed by atoms with Gasteiger partial charge in [-0.15, -0.1) is 11.8 Å². The second kappa shape index (κ2) is 10.4. The smallest absolute Gasteiger partial charge is 0.305 e. The number of nitrogens with zero attached hydrogens (tertiary/aromatic N) is 1. The number of nitrogens with one attached hydrogen (secondary N) is 2. The molecule has 4 aliphatic rings. The van der Waals surface area contributed by atoms with Crippen LogP contribution in [0, 0.1) is 29.6 Å². The van der Waals surface area contributed by atoms with Crippen molar-refractivity contribution >= 4 is 52.2 Å². The summed E-state index contributed by atoms with van der Waals surface area (Å²) in [5, 5.41) is 13.1. The minimum absolute atomic E-state index is 0.0301. The number of hydrogen-bond donors (Lipinski definition) is 3. The number of H-pyrrole nitrogens is 1. The summed E-state index contributed by atoms with van der Waals surface area (Å²) in [6.45, 7) is -0.185. The van der Waals surface area contributed by atoms with E-state index >= 15 is 0 Å². The predicted octanol–water partition coefficient (Wildman–Crippen LogP) is 4.84. The highest BCUT2D eigenvalue weighted by Gasteiger charge is 2.69. The summed E-state index contributed by atoms with van der Waals surface area (Å²) in [6, 6.07) is 23.0. The van der Waals surface area contributed by atoms with Gasteiger partial charge in [-0.1, -0.05) is 41.7 Å². The maximum Gasteiger partial charge on any atom is 0.305 e. The van der Waals surface area contributed by atoms with Crippen molar-refractivity contribution in [1.29, 1.82) is 0 Å². The molecule has 11 heteroatoms. The lowest BCUT2D eigenvalue weighted by atomic mass is 9.68. The van der Waals surface area contributed by atoms with Crippen LogP contribution in [0.25, 0.3) is 0 Å². The largest absolute Gasteiger partial charge is 0.508 e. The Morgan fingerprint density at radius 2 is 1.64 bits per heavy atom. The standard InChI is InChI=1S/C33H27N3O6S2/c37-19-10-8-17(9-11-19)34-23(38)15-42-20-12-6-16(7-13-20)24-25-21-14-22(28(25)43-30-29(24)44-33(41)35-30)27-26(21)31(39)36(32(27)40)18-4-2-1-3-5-18/h1-13,21-22,24-28,37H,14-15H2,(H,34,38)(H,35,41)/t21-,22-,24-,25?,26?,27?,28?/m1/s1. The highest BCUT2D eigenvalue weighted by molar-refractivity contribution is 8.00. The lowest BCUT2D eigenvalue weighted by molar-refractivity contribution is -0.123. The van der Waals surface area contributed by atoms with Crippen LogP contribution < -0.4 is 19.8 Å². The number of fused-ring (bicyclic) bond motifs is 9. The summed E-state index contributed by atoms with van der Waals surface area (Å²) < 4.78 is 5.75. The highest BCUT2D eigenvalue weighted by Crippen LogP contribution is 2.68. The van der Waals surface area contributed by atoms with Crippen LogP contribution in [-0.2, 0) is 14.4 Å². The Kier molecular flexibility index (Phi) is 6.42. The van der Waals surface area contributed by atoms with Crippen molar-refractivity contribution in [3.05, 3.63) is 99.0 Å². The Morgan fingerprint density at radius 3 is 2.36 bits per heavy atom. The van der Waals surface area contributed by atoms with E-state index in [1.165, 1.54) is 28.4 Å². The van der Waals surface area contributed by atoms with Gasteiger partial charge in [-0.25, -0.2) is 0 Å². The van der Waals surface area contributed by atoms with Crippen LogP contribution in [0.15, 0.2) is 88.7 Å². The SMILES string of the molecule is O=C(COc1ccc([C@H]2c3sc(=O)[nH]c3SC3C2[C@H]2C[C@@H]3C3C(=O)N(c4ccccc4)C(=O)C32)cc1)Nc1ccc(O)cc1. The molecule has 7 atom stereocenters. The fraction of sp³-hybridized carbons (Fsp3) is 0.273. The number of carbonyl (C=O) groups excluding carboxylic acids is 3. The van der Waals surface area contributed by atoms with Crippen molar-refractivity contribution in [2.45, 2.75) is 22.6 Å². The average molecular weight is 626 g/mol. The fourth-order valence-corrected chi connectivity index (χ4v) is 10.8. The monoisotopic (exact) mass is 625 g/mol. The molecule has 4 aromatic rings. The van der Waals surface area contributed by atoms with Crippen LogP contribution in [0.1, 0.15) is 22.8 Å². The number of para-hydroxylation sites is 1. The quantitative estimate of drug-likeness (QED) is 0.207. The first-order chi connectivity index (χ1) is 21.4. The Bertz CT molecular complexity index is 1840. The predicted molar refractivity (Wildman–Crippen MR) is 166 cm³/mol. The van der Waals surface area contributed by atoms with Gasteiger partial charge in [-0.2, -0.15) is 0 Å². The van der Waals surface area contributed by atoms with Gasteiger partial charge in [0, 0.05) is 21.7 Å². The van der Waals surface area contributed by atoms with Gasteiger partial charge in [0.05, 0.1) is 22.5 Å². The number of carbonyl (C=O) groups is 3. The molecular formula is C33H27N3O6S2. The van der Waals surface area contributed by atoms with Crippen LogP contribution in [0.4, 0.5) is 11.4 Å². The van der Waals surface area contributed by atoms with Crippen molar-refractivity contribution in [2.75, 3.05) is 16.8 Å². The van der Waals surface area contributed by atoms with E-state index in [4.69, 9.17) is 4.74 Å². The van der Waals surface area contributed by atoms with E-state index in [1.807, 2.05) is 54.6 Å². The number of aromatic nitrogens is 1. The Balaban J connectivity index is 1.05. The molecule has 2 aliphatic carbocycles. The van der Waals surface area contributed by atoms with Gasteiger partial charge in [0.15, 0.2) is 6.61 Å². The highest BCUT2D eigenvalue weighted by atomic mass is 32.2. The molecule has 3 N–H and O–H groups in total. The maximum atomic E-state index is 13.8. The summed E-state index contributed by atoms with van der Waals surface area (Å²) in [4.78, 5) is 57.8. The molecule has 3 amide bonds. The molecule has 3 fully saturated rings. The zero-order valence-corrected chi connectivity index (χ0v) is 24.8. The van der Waals surface area contributed by atoms with Gasteiger partial charge < -0.3 is 20.1 Å². The molecule has 8 rings (SSSR count). The van der Waals surface area contributed by atoms with Gasteiger partial charge in [0.2, 0.25) is 11.8 Å². The molecule has 44 heavy (non-hydrogen) atoms. The number of benzene rings is 3. The first kappa shape index (κ1) is 27.2. The normalized spacial score (nSPS) is 28.0. The number of aromatic hydroxyl groups is 1. The summed E-state index contributed by atoms with van der Waals surface area (Å²) in [5.74, 6) is -0.505. The van der Waals surface area contributed by atoms with Crippen LogP contribution in [-0.4, -0.2) is 39.7 Å².